The second kappa shape index (κ2) is 10.6. The lowest BCUT2D eigenvalue weighted by molar-refractivity contribution is -0.115. The zero-order valence-electron chi connectivity index (χ0n) is 19.3. The minimum absolute atomic E-state index is 0.107. The van der Waals surface area contributed by atoms with Gasteiger partial charge in [-0.1, -0.05) is 26.0 Å². The minimum Gasteiger partial charge on any atom is -0.507 e. The van der Waals surface area contributed by atoms with Crippen LogP contribution in [0.15, 0.2) is 24.3 Å². The van der Waals surface area contributed by atoms with Crippen molar-refractivity contribution in [3.05, 3.63) is 55.9 Å². The normalized spacial score (nSPS) is 21.6. The van der Waals surface area contributed by atoms with Crippen LogP contribution in [0, 0.1) is 17.4 Å². The summed E-state index contributed by atoms with van der Waals surface area (Å²) < 4.78 is 7.52. The zero-order valence-corrected chi connectivity index (χ0v) is 21.5. The number of halogens is 1. The van der Waals surface area contributed by atoms with E-state index in [2.05, 4.69) is 73.1 Å². The molecule has 2 N–H and O–H groups in total. The molecule has 1 aliphatic rings. The van der Waals surface area contributed by atoms with Crippen LogP contribution in [0.25, 0.3) is 0 Å². The summed E-state index contributed by atoms with van der Waals surface area (Å²) in [5.41, 5.74) is 7.68. The molecular weight excluding hydrogens is 503 g/mol. The van der Waals surface area contributed by atoms with Crippen LogP contribution in [0.5, 0.6) is 5.75 Å². The van der Waals surface area contributed by atoms with Crippen LogP contribution in [0.2, 0.25) is 0 Å². The summed E-state index contributed by atoms with van der Waals surface area (Å²) in [6, 6.07) is 8.50. The van der Waals surface area contributed by atoms with Gasteiger partial charge < -0.3 is 9.84 Å². The van der Waals surface area contributed by atoms with Crippen molar-refractivity contribution in [2.75, 3.05) is 0 Å². The van der Waals surface area contributed by atoms with Gasteiger partial charge >= 0.3 is 0 Å². The third-order valence-electron chi connectivity index (χ3n) is 6.32. The van der Waals surface area contributed by atoms with Crippen LogP contribution in [-0.2, 0) is 22.7 Å². The fourth-order valence-corrected chi connectivity index (χ4v) is 4.40. The van der Waals surface area contributed by atoms with E-state index in [0.29, 0.717) is 18.9 Å². The van der Waals surface area contributed by atoms with E-state index in [9.17, 15) is 5.11 Å². The van der Waals surface area contributed by atoms with Crippen LogP contribution in [0.3, 0.4) is 0 Å². The highest BCUT2D eigenvalue weighted by molar-refractivity contribution is 14.1. The van der Waals surface area contributed by atoms with Gasteiger partial charge in [-0.05, 0) is 92.7 Å². The number of hydrogen-bond acceptors (Lipinski definition) is 5. The quantitative estimate of drug-likeness (QED) is 0.316. The molecule has 0 bridgehead atoms. The Hall–Kier alpha value is -1.22. The number of aromatic nitrogens is 1. The molecule has 0 atom stereocenters. The van der Waals surface area contributed by atoms with E-state index in [1.807, 2.05) is 13.8 Å². The molecule has 1 aliphatic carbocycles. The number of aryl methyl sites for hydroxylation is 1. The number of nitrogens with one attached hydrogen (secondary N) is 1. The molecule has 0 saturated heterocycles. The van der Waals surface area contributed by atoms with Crippen molar-refractivity contribution in [1.82, 2.24) is 10.5 Å². The molecule has 0 spiro atoms. The van der Waals surface area contributed by atoms with Gasteiger partial charge in [0.05, 0.1) is 30.6 Å². The Morgan fingerprint density at radius 2 is 1.84 bits per heavy atom. The first-order chi connectivity index (χ1) is 14.7. The van der Waals surface area contributed by atoms with Gasteiger partial charge in [-0.3, -0.25) is 9.82 Å². The second-order valence-electron chi connectivity index (χ2n) is 9.19. The average molecular weight is 538 g/mol. The molecule has 0 aliphatic heterocycles. The third-order valence-corrected chi connectivity index (χ3v) is 7.04. The van der Waals surface area contributed by atoms with Gasteiger partial charge in [0.15, 0.2) is 0 Å². The first-order valence-corrected chi connectivity index (χ1v) is 12.2. The summed E-state index contributed by atoms with van der Waals surface area (Å²) in [5.74, 6) is 0.565. The van der Waals surface area contributed by atoms with Gasteiger partial charge in [0.1, 0.15) is 5.75 Å². The largest absolute Gasteiger partial charge is 0.507 e. The zero-order chi connectivity index (χ0) is 22.6. The first kappa shape index (κ1) is 24.4. The van der Waals surface area contributed by atoms with Crippen molar-refractivity contribution in [3.63, 3.8) is 0 Å². The number of nitrogens with zero attached hydrogens (tertiary/aromatic N) is 1. The molecule has 5 nitrogen and oxygen atoms in total. The van der Waals surface area contributed by atoms with Crippen LogP contribution in [0.4, 0.5) is 0 Å². The molecule has 1 aromatic carbocycles. The summed E-state index contributed by atoms with van der Waals surface area (Å²) in [6.07, 6.45) is 3.99. The predicted molar refractivity (Wildman–Crippen MR) is 132 cm³/mol. The third kappa shape index (κ3) is 6.40. The molecule has 1 aromatic heterocycles. The van der Waals surface area contributed by atoms with E-state index in [1.165, 1.54) is 9.13 Å². The highest BCUT2D eigenvalue weighted by atomic mass is 127. The first-order valence-electron chi connectivity index (χ1n) is 11.1. The molecule has 0 amide bonds. The lowest BCUT2D eigenvalue weighted by Crippen LogP contribution is -2.38. The van der Waals surface area contributed by atoms with Gasteiger partial charge in [0, 0.05) is 20.4 Å². The lowest BCUT2D eigenvalue weighted by atomic mass is 9.84. The Kier molecular flexibility index (Phi) is 8.35. The molecule has 2 aromatic rings. The number of pyridine rings is 1. The van der Waals surface area contributed by atoms with E-state index >= 15 is 0 Å². The molecule has 1 fully saturated rings. The summed E-state index contributed by atoms with van der Waals surface area (Å²) >= 11 is 2.32. The maximum absolute atomic E-state index is 10.6. The molecule has 31 heavy (non-hydrogen) atoms. The van der Waals surface area contributed by atoms with Gasteiger partial charge in [-0.15, -0.1) is 0 Å². The summed E-state index contributed by atoms with van der Waals surface area (Å²) in [4.78, 5) is 10.7. The van der Waals surface area contributed by atoms with Crippen molar-refractivity contribution in [2.24, 2.45) is 0 Å². The summed E-state index contributed by atoms with van der Waals surface area (Å²) in [6.45, 7) is 11.3. The van der Waals surface area contributed by atoms with E-state index < -0.39 is 0 Å². The SMILES string of the molecule is Cc1nc(C(C)C)c(CNO[C@H]2CC[C@@](C)(OCc3ccc(I)cc3)CC2)c(O)c1C. The molecule has 0 radical (unpaired) electrons. The number of benzene rings is 1. The molecule has 170 valence electrons. The maximum Gasteiger partial charge on any atom is 0.126 e. The highest BCUT2D eigenvalue weighted by Crippen LogP contribution is 2.34. The molecule has 3 rings (SSSR count). The predicted octanol–water partition coefficient (Wildman–Crippen LogP) is 6.07. The number of ether oxygens (including phenoxy) is 1. The molecule has 0 unspecified atom stereocenters. The van der Waals surface area contributed by atoms with Crippen molar-refractivity contribution < 1.29 is 14.7 Å². The maximum atomic E-state index is 10.6. The van der Waals surface area contributed by atoms with Crippen LogP contribution >= 0.6 is 22.6 Å². The number of rotatable bonds is 8. The van der Waals surface area contributed by atoms with Crippen molar-refractivity contribution in [2.45, 2.75) is 91.1 Å². The van der Waals surface area contributed by atoms with Crippen molar-refractivity contribution >= 4 is 22.6 Å². The van der Waals surface area contributed by atoms with Crippen molar-refractivity contribution in [3.8, 4) is 5.75 Å². The Morgan fingerprint density at radius 1 is 1.19 bits per heavy atom. The monoisotopic (exact) mass is 538 g/mol. The molecule has 6 heteroatoms. The lowest BCUT2D eigenvalue weighted by Gasteiger charge is -2.37. The average Bonchev–Trinajstić information content (AvgIpc) is 2.74. The fourth-order valence-electron chi connectivity index (χ4n) is 4.04. The summed E-state index contributed by atoms with van der Waals surface area (Å²) in [5, 5.41) is 10.6. The summed E-state index contributed by atoms with van der Waals surface area (Å²) in [7, 11) is 0. The Bertz CT molecular complexity index is 875. The van der Waals surface area contributed by atoms with Gasteiger partial charge in [-0.2, -0.15) is 5.48 Å². The van der Waals surface area contributed by atoms with Gasteiger partial charge in [0.25, 0.3) is 0 Å². The van der Waals surface area contributed by atoms with E-state index in [0.717, 1.165) is 48.2 Å². The van der Waals surface area contributed by atoms with E-state index in [1.54, 1.807) is 0 Å². The van der Waals surface area contributed by atoms with E-state index in [4.69, 9.17) is 14.6 Å². The van der Waals surface area contributed by atoms with E-state index in [-0.39, 0.29) is 17.6 Å². The Labute approximate surface area is 200 Å². The second-order valence-corrected chi connectivity index (χ2v) is 10.4. The molecular formula is C25H35IN2O3. The smallest absolute Gasteiger partial charge is 0.126 e. The Morgan fingerprint density at radius 3 is 2.45 bits per heavy atom. The van der Waals surface area contributed by atoms with Crippen LogP contribution < -0.4 is 5.48 Å². The Balaban J connectivity index is 1.48. The number of hydroxylamine groups is 1. The minimum atomic E-state index is -0.107. The molecule has 1 saturated carbocycles. The van der Waals surface area contributed by atoms with Crippen LogP contribution in [-0.4, -0.2) is 21.8 Å². The van der Waals surface area contributed by atoms with Gasteiger partial charge in [-0.25, -0.2) is 0 Å². The topological polar surface area (TPSA) is 63.6 Å². The number of hydrogen-bond donors (Lipinski definition) is 2. The molecule has 1 heterocycles. The van der Waals surface area contributed by atoms with Crippen LogP contribution in [0.1, 0.15) is 80.5 Å². The highest BCUT2D eigenvalue weighted by Gasteiger charge is 2.32. The standard InChI is InChI=1S/C25H35IN2O3/c1-16(2)23-22(24(29)17(3)18(4)28-23)14-27-31-21-10-12-25(5,13-11-21)30-15-19-6-8-20(26)9-7-19/h6-9,16,21,27H,10-15H2,1-5H3,(H,28,29)/t21-,25+. The van der Waals surface area contributed by atoms with Gasteiger partial charge in [0.2, 0.25) is 0 Å². The van der Waals surface area contributed by atoms with Crippen molar-refractivity contribution in [1.29, 1.82) is 0 Å². The fraction of sp³-hybridized carbons (Fsp3) is 0.560. The number of aromatic hydroxyl groups is 1.